The molecule has 48 valence electrons. The number of nitrogens with two attached hydrogens (primary N) is 1. The van der Waals surface area contributed by atoms with Gasteiger partial charge >= 0.3 is 0 Å². The standard InChI is InChI=1S/C7H10N2/c8-6(9)7-3-1-2-5(7)4-7/h1-2,5H,3-4H2,(H3,8,9)/t5?,7-/m1/s1. The quantitative estimate of drug-likeness (QED) is 0.303. The van der Waals surface area contributed by atoms with E-state index in [9.17, 15) is 0 Å². The molecule has 0 bridgehead atoms. The molecule has 2 heteroatoms. The summed E-state index contributed by atoms with van der Waals surface area (Å²) in [7, 11) is 0. The van der Waals surface area contributed by atoms with E-state index in [4.69, 9.17) is 11.1 Å². The molecule has 2 atom stereocenters. The number of nitrogens with one attached hydrogen (secondary N) is 1. The first-order valence-corrected chi connectivity index (χ1v) is 3.27. The molecule has 2 aliphatic carbocycles. The van der Waals surface area contributed by atoms with Crippen LogP contribution in [-0.4, -0.2) is 5.84 Å². The lowest BCUT2D eigenvalue weighted by atomic mass is 10.0. The minimum atomic E-state index is 0.111. The van der Waals surface area contributed by atoms with Crippen molar-refractivity contribution in [3.63, 3.8) is 0 Å². The highest BCUT2D eigenvalue weighted by atomic mass is 14.8. The molecule has 1 fully saturated rings. The third-order valence-electron chi connectivity index (χ3n) is 2.52. The molecule has 9 heavy (non-hydrogen) atoms. The van der Waals surface area contributed by atoms with Gasteiger partial charge in [-0.05, 0) is 18.8 Å². The second kappa shape index (κ2) is 1.20. The molecule has 0 saturated heterocycles. The van der Waals surface area contributed by atoms with Crippen molar-refractivity contribution < 1.29 is 0 Å². The van der Waals surface area contributed by atoms with Gasteiger partial charge in [-0.15, -0.1) is 0 Å². The smallest absolute Gasteiger partial charge is 0.0978 e. The monoisotopic (exact) mass is 122 g/mol. The molecule has 0 heterocycles. The molecule has 2 nitrogen and oxygen atoms in total. The fourth-order valence-electron chi connectivity index (χ4n) is 1.68. The van der Waals surface area contributed by atoms with Gasteiger partial charge in [-0.1, -0.05) is 12.2 Å². The largest absolute Gasteiger partial charge is 0.387 e. The van der Waals surface area contributed by atoms with Gasteiger partial charge in [-0.2, -0.15) is 0 Å². The molecule has 0 spiro atoms. The van der Waals surface area contributed by atoms with Gasteiger partial charge in [0.2, 0.25) is 0 Å². The van der Waals surface area contributed by atoms with Crippen molar-refractivity contribution in [3.05, 3.63) is 12.2 Å². The van der Waals surface area contributed by atoms with E-state index in [0.717, 1.165) is 12.8 Å². The van der Waals surface area contributed by atoms with Gasteiger partial charge in [0.15, 0.2) is 0 Å². The summed E-state index contributed by atoms with van der Waals surface area (Å²) in [5, 5.41) is 7.27. The van der Waals surface area contributed by atoms with E-state index in [1.165, 1.54) is 0 Å². The lowest BCUT2D eigenvalue weighted by Gasteiger charge is -2.06. The van der Waals surface area contributed by atoms with E-state index < -0.39 is 0 Å². The minimum Gasteiger partial charge on any atom is -0.387 e. The van der Waals surface area contributed by atoms with E-state index >= 15 is 0 Å². The van der Waals surface area contributed by atoms with Crippen molar-refractivity contribution in [2.45, 2.75) is 12.8 Å². The summed E-state index contributed by atoms with van der Waals surface area (Å²) in [5.74, 6) is 1.01. The lowest BCUT2D eigenvalue weighted by molar-refractivity contribution is 0.692. The summed E-state index contributed by atoms with van der Waals surface area (Å²) >= 11 is 0. The molecular weight excluding hydrogens is 112 g/mol. The Morgan fingerprint density at radius 2 is 2.56 bits per heavy atom. The normalized spacial score (nSPS) is 44.7. The van der Waals surface area contributed by atoms with Crippen LogP contribution in [0.2, 0.25) is 0 Å². The number of amidine groups is 1. The zero-order valence-corrected chi connectivity index (χ0v) is 5.22. The van der Waals surface area contributed by atoms with Crippen molar-refractivity contribution in [2.24, 2.45) is 17.1 Å². The van der Waals surface area contributed by atoms with Gasteiger partial charge in [0.1, 0.15) is 0 Å². The van der Waals surface area contributed by atoms with Gasteiger partial charge in [-0.3, -0.25) is 5.41 Å². The number of fused-ring (bicyclic) bond motifs is 1. The van der Waals surface area contributed by atoms with Crippen LogP contribution in [0.25, 0.3) is 0 Å². The lowest BCUT2D eigenvalue weighted by Crippen LogP contribution is -2.23. The van der Waals surface area contributed by atoms with Gasteiger partial charge in [0.05, 0.1) is 5.84 Å². The summed E-state index contributed by atoms with van der Waals surface area (Å²) in [4.78, 5) is 0. The van der Waals surface area contributed by atoms with Crippen LogP contribution >= 0.6 is 0 Å². The van der Waals surface area contributed by atoms with Crippen LogP contribution in [0.5, 0.6) is 0 Å². The second-order valence-corrected chi connectivity index (χ2v) is 3.01. The maximum Gasteiger partial charge on any atom is 0.0978 e. The number of hydrogen-bond acceptors (Lipinski definition) is 1. The summed E-state index contributed by atoms with van der Waals surface area (Å²) in [6.45, 7) is 0. The first-order chi connectivity index (χ1) is 4.26. The molecular formula is C7H10N2. The first-order valence-electron chi connectivity index (χ1n) is 3.27. The van der Waals surface area contributed by atoms with Crippen LogP contribution in [-0.2, 0) is 0 Å². The number of hydrogen-bond donors (Lipinski definition) is 2. The Hall–Kier alpha value is -0.790. The molecule has 2 aliphatic rings. The average molecular weight is 122 g/mol. The van der Waals surface area contributed by atoms with Crippen LogP contribution in [0.1, 0.15) is 12.8 Å². The molecule has 1 saturated carbocycles. The van der Waals surface area contributed by atoms with Crippen molar-refractivity contribution >= 4 is 5.84 Å². The van der Waals surface area contributed by atoms with Gasteiger partial charge in [-0.25, -0.2) is 0 Å². The Kier molecular flexibility index (Phi) is 0.672. The van der Waals surface area contributed by atoms with Gasteiger partial charge in [0, 0.05) is 5.41 Å². The number of rotatable bonds is 1. The Bertz CT molecular complexity index is 195. The van der Waals surface area contributed by atoms with Crippen LogP contribution < -0.4 is 5.73 Å². The van der Waals surface area contributed by atoms with E-state index in [-0.39, 0.29) is 5.41 Å². The summed E-state index contributed by atoms with van der Waals surface area (Å²) in [5.41, 5.74) is 5.53. The summed E-state index contributed by atoms with van der Waals surface area (Å²) < 4.78 is 0. The third-order valence-corrected chi connectivity index (χ3v) is 2.52. The van der Waals surface area contributed by atoms with Crippen molar-refractivity contribution in [1.82, 2.24) is 0 Å². The van der Waals surface area contributed by atoms with Crippen LogP contribution in [0.4, 0.5) is 0 Å². The van der Waals surface area contributed by atoms with Crippen LogP contribution in [0.3, 0.4) is 0 Å². The molecule has 0 aromatic carbocycles. The van der Waals surface area contributed by atoms with E-state index in [0.29, 0.717) is 11.8 Å². The van der Waals surface area contributed by atoms with E-state index in [1.54, 1.807) is 0 Å². The Labute approximate surface area is 54.3 Å². The highest BCUT2D eigenvalue weighted by Gasteiger charge is 2.56. The third kappa shape index (κ3) is 0.435. The molecule has 0 radical (unpaired) electrons. The fourth-order valence-corrected chi connectivity index (χ4v) is 1.68. The second-order valence-electron chi connectivity index (χ2n) is 3.01. The predicted octanol–water partition coefficient (Wildman–Crippen LogP) is 0.889. The zero-order valence-electron chi connectivity index (χ0n) is 5.22. The van der Waals surface area contributed by atoms with Crippen molar-refractivity contribution in [3.8, 4) is 0 Å². The molecule has 2 rings (SSSR count). The Morgan fingerprint density at radius 3 is 2.78 bits per heavy atom. The van der Waals surface area contributed by atoms with Gasteiger partial charge in [0.25, 0.3) is 0 Å². The maximum absolute atomic E-state index is 7.27. The zero-order chi connectivity index (χ0) is 6.48. The first kappa shape index (κ1) is 5.03. The van der Waals surface area contributed by atoms with Crippen molar-refractivity contribution in [1.29, 1.82) is 5.41 Å². The highest BCUT2D eigenvalue weighted by Crippen LogP contribution is 2.59. The van der Waals surface area contributed by atoms with Crippen molar-refractivity contribution in [2.75, 3.05) is 0 Å². The number of allylic oxidation sites excluding steroid dienone is 2. The fraction of sp³-hybridized carbons (Fsp3) is 0.571. The van der Waals surface area contributed by atoms with Gasteiger partial charge < -0.3 is 5.73 Å². The summed E-state index contributed by atoms with van der Waals surface area (Å²) in [6, 6.07) is 0. The SMILES string of the molecule is N=C(N)[C@@]12CC=CC1C2. The Balaban J connectivity index is 2.24. The highest BCUT2D eigenvalue weighted by molar-refractivity contribution is 5.88. The molecule has 1 unspecified atom stereocenters. The molecule has 3 N–H and O–H groups in total. The topological polar surface area (TPSA) is 49.9 Å². The summed E-state index contributed by atoms with van der Waals surface area (Å²) in [6.07, 6.45) is 6.45. The minimum absolute atomic E-state index is 0.111. The molecule has 0 amide bonds. The average Bonchev–Trinajstić information content (AvgIpc) is 2.38. The maximum atomic E-state index is 7.27. The van der Waals surface area contributed by atoms with E-state index in [2.05, 4.69) is 12.2 Å². The molecule has 0 aliphatic heterocycles. The predicted molar refractivity (Wildman–Crippen MR) is 36.2 cm³/mol. The molecule has 0 aromatic rings. The van der Waals surface area contributed by atoms with Crippen LogP contribution in [0.15, 0.2) is 12.2 Å². The van der Waals surface area contributed by atoms with Crippen LogP contribution in [0, 0.1) is 16.7 Å². The molecule has 0 aromatic heterocycles. The van der Waals surface area contributed by atoms with E-state index in [1.807, 2.05) is 0 Å². The Morgan fingerprint density at radius 1 is 1.78 bits per heavy atom.